The highest BCUT2D eigenvalue weighted by molar-refractivity contribution is 5.91. The maximum absolute atomic E-state index is 14.5. The van der Waals surface area contributed by atoms with E-state index < -0.39 is 64.6 Å². The number of aromatic nitrogens is 1. The van der Waals surface area contributed by atoms with Gasteiger partial charge in [0.05, 0.1) is 12.0 Å². The molecular weight excluding hydrogens is 481 g/mol. The molecule has 0 radical (unpaired) electrons. The second kappa shape index (κ2) is 9.29. The molecule has 0 aliphatic carbocycles. The molecule has 8 nitrogen and oxygen atoms in total. The van der Waals surface area contributed by atoms with Gasteiger partial charge in [-0.25, -0.2) is 9.38 Å². The number of pyridine rings is 1. The Labute approximate surface area is 195 Å². The third-order valence-electron chi connectivity index (χ3n) is 6.05. The highest BCUT2D eigenvalue weighted by Crippen LogP contribution is 2.55. The molecule has 1 aromatic heterocycles. The summed E-state index contributed by atoms with van der Waals surface area (Å²) >= 11 is 0. The minimum Gasteiger partial charge on any atom is -0.490 e. The quantitative estimate of drug-likeness (QED) is 0.481. The summed E-state index contributed by atoms with van der Waals surface area (Å²) in [6.45, 7) is 3.26. The van der Waals surface area contributed by atoms with Crippen molar-refractivity contribution in [3.05, 3.63) is 58.7 Å². The summed E-state index contributed by atoms with van der Waals surface area (Å²) in [6, 6.07) is 3.81. The van der Waals surface area contributed by atoms with Gasteiger partial charge in [-0.1, -0.05) is 13.0 Å². The van der Waals surface area contributed by atoms with E-state index in [1.807, 2.05) is 0 Å². The normalized spacial score (nSPS) is 25.0. The van der Waals surface area contributed by atoms with Crippen LogP contribution in [0.2, 0.25) is 0 Å². The van der Waals surface area contributed by atoms with Crippen molar-refractivity contribution >= 4 is 11.8 Å². The molecular formula is C22H22F5N3O5. The first-order chi connectivity index (χ1) is 16.2. The zero-order valence-corrected chi connectivity index (χ0v) is 18.8. The number of ether oxygens (including phenoxy) is 2. The molecule has 13 heteroatoms. The number of nitrogens with two attached hydrogens (primary N) is 1. The van der Waals surface area contributed by atoms with Crippen LogP contribution in [-0.2, 0) is 9.53 Å². The summed E-state index contributed by atoms with van der Waals surface area (Å²) in [5.74, 6) is -8.46. The zero-order chi connectivity index (χ0) is 26.3. The molecule has 3 N–H and O–H groups in total. The predicted octanol–water partition coefficient (Wildman–Crippen LogP) is 3.07. The largest absolute Gasteiger partial charge is 0.490 e. The lowest BCUT2D eigenvalue weighted by Gasteiger charge is -2.32. The molecule has 1 fully saturated rings. The number of primary amides is 1. The Morgan fingerprint density at radius 2 is 1.94 bits per heavy atom. The lowest BCUT2D eigenvalue weighted by atomic mass is 9.77. The fourth-order valence-electron chi connectivity index (χ4n) is 4.04. The zero-order valence-electron chi connectivity index (χ0n) is 18.8. The van der Waals surface area contributed by atoms with Crippen LogP contribution in [0.1, 0.15) is 42.7 Å². The van der Waals surface area contributed by atoms with Crippen molar-refractivity contribution in [2.24, 2.45) is 16.6 Å². The molecule has 0 saturated carbocycles. The van der Waals surface area contributed by atoms with Gasteiger partial charge in [0.1, 0.15) is 11.8 Å². The first kappa shape index (κ1) is 26.1. The van der Waals surface area contributed by atoms with Crippen LogP contribution in [0.25, 0.3) is 0 Å². The average molecular weight is 503 g/mol. The highest BCUT2D eigenvalue weighted by atomic mass is 19.4. The minimum absolute atomic E-state index is 0.129. The third kappa shape index (κ3) is 4.59. The standard InChI is InChI=1S/C22H22F5N3O5/c1-4-34-17-12(5-6-13(23)16(17)24)15-10(2)21(3,22(25,26)27)35-18(15)20(32)29-11-7-8-30(33)14(9-11)19(28)31/h5-10,15,18,33H,4H2,1-3H3,(H2,28,31)/t10-,15-,18-,21-/m0/s1. The number of carbonyl (C=O) groups is 2. The second-order valence-corrected chi connectivity index (χ2v) is 8.10. The van der Waals surface area contributed by atoms with E-state index in [0.717, 1.165) is 37.4 Å². The number of amides is 2. The van der Waals surface area contributed by atoms with E-state index in [2.05, 4.69) is 4.99 Å². The van der Waals surface area contributed by atoms with Crippen molar-refractivity contribution in [2.45, 2.75) is 44.6 Å². The van der Waals surface area contributed by atoms with Crippen molar-refractivity contribution in [3.63, 3.8) is 0 Å². The molecule has 4 atom stereocenters. The summed E-state index contributed by atoms with van der Waals surface area (Å²) in [4.78, 5) is 28.3. The van der Waals surface area contributed by atoms with Crippen LogP contribution in [-0.4, -0.2) is 46.2 Å². The molecule has 1 aromatic carbocycles. The minimum atomic E-state index is -4.93. The number of hydrogen-bond donors (Lipinski definition) is 2. The van der Waals surface area contributed by atoms with Crippen molar-refractivity contribution in [1.29, 1.82) is 0 Å². The van der Waals surface area contributed by atoms with Gasteiger partial charge < -0.3 is 20.4 Å². The van der Waals surface area contributed by atoms with Crippen LogP contribution in [0.4, 0.5) is 22.0 Å². The van der Waals surface area contributed by atoms with E-state index in [4.69, 9.17) is 15.2 Å². The fourth-order valence-corrected chi connectivity index (χ4v) is 4.04. The fraction of sp³-hybridized carbons (Fsp3) is 0.409. The lowest BCUT2D eigenvalue weighted by molar-refractivity contribution is -0.272. The van der Waals surface area contributed by atoms with Gasteiger partial charge in [-0.2, -0.15) is 22.3 Å². The van der Waals surface area contributed by atoms with Crippen LogP contribution in [0.15, 0.2) is 35.5 Å². The van der Waals surface area contributed by atoms with Gasteiger partial charge in [0.15, 0.2) is 17.2 Å². The van der Waals surface area contributed by atoms with Crippen molar-refractivity contribution in [2.75, 3.05) is 6.61 Å². The molecule has 35 heavy (non-hydrogen) atoms. The van der Waals surface area contributed by atoms with Crippen LogP contribution in [0.3, 0.4) is 0 Å². The van der Waals surface area contributed by atoms with Crippen LogP contribution in [0, 0.1) is 17.6 Å². The lowest BCUT2D eigenvalue weighted by Crippen LogP contribution is -2.47. The molecule has 1 aliphatic heterocycles. The molecule has 0 unspecified atom stereocenters. The first-order valence-electron chi connectivity index (χ1n) is 10.4. The molecule has 2 aromatic rings. The van der Waals surface area contributed by atoms with E-state index in [-0.39, 0.29) is 17.5 Å². The van der Waals surface area contributed by atoms with Gasteiger partial charge >= 0.3 is 6.18 Å². The number of nitrogens with zero attached hydrogens (tertiary/aromatic N) is 2. The highest BCUT2D eigenvalue weighted by Gasteiger charge is 2.65. The molecule has 2 amide bonds. The van der Waals surface area contributed by atoms with Crippen LogP contribution in [0.5, 0.6) is 5.75 Å². The summed E-state index contributed by atoms with van der Waals surface area (Å²) in [5, 5.41) is 9.42. The van der Waals surface area contributed by atoms with Gasteiger partial charge in [-0.3, -0.25) is 9.59 Å². The topological polar surface area (TPSA) is 116 Å². The third-order valence-corrected chi connectivity index (χ3v) is 6.05. The number of carbonyl (C=O) groups excluding carboxylic acids is 2. The Morgan fingerprint density at radius 1 is 1.29 bits per heavy atom. The Kier molecular flexibility index (Phi) is 6.93. The summed E-state index contributed by atoms with van der Waals surface area (Å²) in [5.41, 5.74) is 1.65. The number of benzene rings is 1. The number of halogens is 5. The van der Waals surface area contributed by atoms with Gasteiger partial charge in [0.2, 0.25) is 5.82 Å². The van der Waals surface area contributed by atoms with Gasteiger partial charge in [-0.05, 0) is 32.0 Å². The van der Waals surface area contributed by atoms with Crippen molar-refractivity contribution in [1.82, 2.24) is 4.73 Å². The van der Waals surface area contributed by atoms with E-state index in [0.29, 0.717) is 4.73 Å². The van der Waals surface area contributed by atoms with E-state index in [1.54, 1.807) is 0 Å². The number of rotatable bonds is 5. The molecule has 190 valence electrons. The smallest absolute Gasteiger partial charge is 0.417 e. The molecule has 2 heterocycles. The Bertz CT molecular complexity index is 1230. The van der Waals surface area contributed by atoms with Gasteiger partial charge in [0.25, 0.3) is 11.8 Å². The molecule has 3 rings (SSSR count). The summed E-state index contributed by atoms with van der Waals surface area (Å²) in [6.07, 6.45) is -5.86. The molecule has 0 spiro atoms. The van der Waals surface area contributed by atoms with E-state index >= 15 is 0 Å². The average Bonchev–Trinajstić information content (AvgIpc) is 3.05. The van der Waals surface area contributed by atoms with Gasteiger partial charge in [-0.15, -0.1) is 0 Å². The van der Waals surface area contributed by atoms with Crippen molar-refractivity contribution < 1.29 is 46.2 Å². The first-order valence-corrected chi connectivity index (χ1v) is 10.4. The molecule has 1 saturated heterocycles. The van der Waals surface area contributed by atoms with Gasteiger partial charge in [0, 0.05) is 23.6 Å². The predicted molar refractivity (Wildman–Crippen MR) is 109 cm³/mol. The Morgan fingerprint density at radius 3 is 2.51 bits per heavy atom. The molecule has 1 aliphatic rings. The summed E-state index contributed by atoms with van der Waals surface area (Å²) in [7, 11) is 0. The number of alkyl halides is 3. The summed E-state index contributed by atoms with van der Waals surface area (Å²) < 4.78 is 81.3. The maximum atomic E-state index is 14.5. The number of hydrogen-bond acceptors (Lipinski definition) is 5. The second-order valence-electron chi connectivity index (χ2n) is 8.10. The van der Waals surface area contributed by atoms with Crippen molar-refractivity contribution in [3.8, 4) is 5.75 Å². The SMILES string of the molecule is CCOc1c([C@H]2[C@@H](C(=O)N=c3ccn(O)c(C(N)=O)c3)O[C@](C)(C(F)(F)F)[C@H]2C)ccc(F)c1F. The van der Waals surface area contributed by atoms with E-state index in [9.17, 15) is 36.7 Å². The monoisotopic (exact) mass is 503 g/mol. The van der Waals surface area contributed by atoms with E-state index in [1.165, 1.54) is 13.8 Å². The van der Waals surface area contributed by atoms with Crippen LogP contribution >= 0.6 is 0 Å². The Hall–Kier alpha value is -3.48. The Balaban J connectivity index is 2.19. The maximum Gasteiger partial charge on any atom is 0.417 e. The van der Waals surface area contributed by atoms with Crippen LogP contribution < -0.4 is 15.8 Å². The molecule has 0 bridgehead atoms.